The van der Waals surface area contributed by atoms with E-state index in [1.165, 1.54) is 0 Å². The number of aryl methyl sites for hydroxylation is 1. The number of nitrogens with zero attached hydrogens (tertiary/aromatic N) is 6. The molecule has 1 N–H and O–H groups in total. The maximum atomic E-state index is 13.8. The van der Waals surface area contributed by atoms with E-state index in [9.17, 15) is 28.4 Å². The van der Waals surface area contributed by atoms with Crippen molar-refractivity contribution in [2.75, 3.05) is 6.54 Å². The zero-order chi connectivity index (χ0) is 29.6. The van der Waals surface area contributed by atoms with Crippen molar-refractivity contribution < 1.29 is 23.2 Å². The van der Waals surface area contributed by atoms with Gasteiger partial charge in [0.15, 0.2) is 0 Å². The second kappa shape index (κ2) is 10.6. The molecule has 6 rings (SSSR count). The van der Waals surface area contributed by atoms with Gasteiger partial charge in [0, 0.05) is 37.4 Å². The minimum Gasteiger partial charge on any atom is -0.344 e. The standard InChI is InChI=1S/C30H29F2N7O3/c1-18-5-7-19(8-6-18)26-16-38(36-35-26)14-21-4-2-3-20-13-37(15-24(20)21)27(40)10-22-9-25(34-28(22)41)29(42)39-17-30(31,32)11-23(39)12-33/h2-8,16,22-23,25H,9-11,13-15,17H2,1H3,(H,34,41)/t22-,23-,25-/m0/s1. The summed E-state index contributed by atoms with van der Waals surface area (Å²) >= 11 is 0. The van der Waals surface area contributed by atoms with Crippen LogP contribution in [0.5, 0.6) is 0 Å². The number of hydrogen-bond donors (Lipinski definition) is 1. The largest absolute Gasteiger partial charge is 0.344 e. The number of fused-ring (bicyclic) bond motifs is 1. The fraction of sp³-hybridized carbons (Fsp3) is 0.400. The van der Waals surface area contributed by atoms with Gasteiger partial charge in [-0.2, -0.15) is 5.26 Å². The molecule has 2 aromatic carbocycles. The summed E-state index contributed by atoms with van der Waals surface area (Å²) < 4.78 is 29.4. The van der Waals surface area contributed by atoms with E-state index in [0.717, 1.165) is 38.4 Å². The number of benzene rings is 2. The van der Waals surface area contributed by atoms with Gasteiger partial charge in [0.2, 0.25) is 17.7 Å². The number of likely N-dealkylation sites (tertiary alicyclic amines) is 1. The Morgan fingerprint density at radius 3 is 2.71 bits per heavy atom. The van der Waals surface area contributed by atoms with Crippen molar-refractivity contribution in [3.05, 3.63) is 70.9 Å². The first-order valence-corrected chi connectivity index (χ1v) is 13.8. The lowest BCUT2D eigenvalue weighted by Crippen LogP contribution is -2.46. The summed E-state index contributed by atoms with van der Waals surface area (Å²) in [5.41, 5.74) is 5.97. The molecule has 1 aromatic heterocycles. The van der Waals surface area contributed by atoms with Gasteiger partial charge < -0.3 is 15.1 Å². The number of amides is 3. The zero-order valence-corrected chi connectivity index (χ0v) is 23.0. The van der Waals surface area contributed by atoms with Gasteiger partial charge in [-0.15, -0.1) is 5.10 Å². The number of halogens is 2. The predicted molar refractivity (Wildman–Crippen MR) is 145 cm³/mol. The third-order valence-electron chi connectivity index (χ3n) is 8.28. The van der Waals surface area contributed by atoms with Gasteiger partial charge in [-0.25, -0.2) is 13.5 Å². The Hall–Kier alpha value is -4.66. The number of carbonyl (C=O) groups excluding carboxylic acids is 3. The van der Waals surface area contributed by atoms with Crippen LogP contribution in [0, 0.1) is 24.2 Å². The Morgan fingerprint density at radius 1 is 1.17 bits per heavy atom. The summed E-state index contributed by atoms with van der Waals surface area (Å²) in [6.07, 6.45) is 1.09. The molecule has 3 aromatic rings. The third kappa shape index (κ3) is 5.34. The van der Waals surface area contributed by atoms with Crippen LogP contribution in [0.15, 0.2) is 48.7 Å². The first-order chi connectivity index (χ1) is 20.1. The number of nitriles is 1. The van der Waals surface area contributed by atoms with Gasteiger partial charge in [-0.05, 0) is 30.0 Å². The lowest BCUT2D eigenvalue weighted by molar-refractivity contribution is -0.135. The monoisotopic (exact) mass is 573 g/mol. The molecule has 12 heteroatoms. The molecule has 3 amide bonds. The van der Waals surface area contributed by atoms with Gasteiger partial charge in [0.25, 0.3) is 5.92 Å². The molecule has 0 saturated carbocycles. The van der Waals surface area contributed by atoms with Crippen LogP contribution >= 0.6 is 0 Å². The van der Waals surface area contributed by atoms with Gasteiger partial charge in [-0.1, -0.05) is 53.2 Å². The first-order valence-electron chi connectivity index (χ1n) is 13.8. The van der Waals surface area contributed by atoms with E-state index in [2.05, 4.69) is 15.6 Å². The number of rotatable bonds is 6. The highest BCUT2D eigenvalue weighted by Gasteiger charge is 2.50. The molecule has 2 fully saturated rings. The normalized spacial score (nSPS) is 22.6. The van der Waals surface area contributed by atoms with Gasteiger partial charge in [-0.3, -0.25) is 14.4 Å². The van der Waals surface area contributed by atoms with Crippen molar-refractivity contribution in [2.24, 2.45) is 5.92 Å². The molecule has 216 valence electrons. The summed E-state index contributed by atoms with van der Waals surface area (Å²) in [5.74, 6) is -5.30. The molecule has 3 aliphatic heterocycles. The van der Waals surface area contributed by atoms with Crippen molar-refractivity contribution in [3.63, 3.8) is 0 Å². The Balaban J connectivity index is 1.08. The molecule has 2 saturated heterocycles. The summed E-state index contributed by atoms with van der Waals surface area (Å²) in [4.78, 5) is 41.3. The molecule has 0 spiro atoms. The van der Waals surface area contributed by atoms with Gasteiger partial charge in [0.05, 0.1) is 25.4 Å². The number of alkyl halides is 2. The molecule has 42 heavy (non-hydrogen) atoms. The Kier molecular flexibility index (Phi) is 6.96. The van der Waals surface area contributed by atoms with Crippen LogP contribution < -0.4 is 5.32 Å². The van der Waals surface area contributed by atoms with Crippen LogP contribution in [-0.2, 0) is 34.0 Å². The first kappa shape index (κ1) is 27.5. The average Bonchev–Trinajstić information content (AvgIpc) is 3.74. The smallest absolute Gasteiger partial charge is 0.268 e. The maximum absolute atomic E-state index is 13.8. The summed E-state index contributed by atoms with van der Waals surface area (Å²) in [6.45, 7) is 2.44. The number of hydrogen-bond acceptors (Lipinski definition) is 6. The Labute approximate surface area is 240 Å². The van der Waals surface area contributed by atoms with E-state index < -0.39 is 48.7 Å². The second-order valence-corrected chi connectivity index (χ2v) is 11.3. The topological polar surface area (TPSA) is 124 Å². The Bertz CT molecular complexity index is 1600. The van der Waals surface area contributed by atoms with E-state index >= 15 is 0 Å². The third-order valence-corrected chi connectivity index (χ3v) is 8.28. The summed E-state index contributed by atoms with van der Waals surface area (Å²) in [7, 11) is 0. The molecule has 0 bridgehead atoms. The fourth-order valence-electron chi connectivity index (χ4n) is 6.01. The molecular formula is C30H29F2N7O3. The maximum Gasteiger partial charge on any atom is 0.268 e. The lowest BCUT2D eigenvalue weighted by Gasteiger charge is -2.22. The van der Waals surface area contributed by atoms with Crippen molar-refractivity contribution in [1.82, 2.24) is 30.1 Å². The van der Waals surface area contributed by atoms with E-state index in [0.29, 0.717) is 19.6 Å². The van der Waals surface area contributed by atoms with E-state index in [1.54, 1.807) is 15.7 Å². The molecule has 0 aliphatic carbocycles. The highest BCUT2D eigenvalue weighted by atomic mass is 19.3. The summed E-state index contributed by atoms with van der Waals surface area (Å²) in [5, 5.41) is 20.4. The van der Waals surface area contributed by atoms with Crippen molar-refractivity contribution in [2.45, 2.75) is 63.8 Å². The lowest BCUT2D eigenvalue weighted by atomic mass is 9.99. The number of carbonyl (C=O) groups is 3. The second-order valence-electron chi connectivity index (χ2n) is 11.3. The van der Waals surface area contributed by atoms with Crippen LogP contribution in [0.2, 0.25) is 0 Å². The van der Waals surface area contributed by atoms with Crippen LogP contribution in [0.4, 0.5) is 8.78 Å². The molecule has 10 nitrogen and oxygen atoms in total. The van der Waals surface area contributed by atoms with Crippen molar-refractivity contribution in [1.29, 1.82) is 5.26 Å². The fourth-order valence-corrected chi connectivity index (χ4v) is 6.01. The van der Waals surface area contributed by atoms with E-state index in [-0.39, 0.29) is 18.7 Å². The van der Waals surface area contributed by atoms with Crippen LogP contribution in [0.1, 0.15) is 41.5 Å². The van der Waals surface area contributed by atoms with Crippen molar-refractivity contribution in [3.8, 4) is 17.3 Å². The molecule has 3 atom stereocenters. The quantitative estimate of drug-likeness (QED) is 0.484. The SMILES string of the molecule is Cc1ccc(-c2cn(Cc3cccc4c3CN(C(=O)C[C@@H]3C[C@@H](C(=O)N5CC(F)(F)C[C@H]5C#N)NC3=O)C4)nn2)cc1. The average molecular weight is 574 g/mol. The predicted octanol–water partition coefficient (Wildman–Crippen LogP) is 2.80. The summed E-state index contributed by atoms with van der Waals surface area (Å²) in [6, 6.07) is 13.4. The van der Waals surface area contributed by atoms with Crippen molar-refractivity contribution >= 4 is 17.7 Å². The minimum atomic E-state index is -3.14. The molecule has 4 heterocycles. The van der Waals surface area contributed by atoms with Crippen LogP contribution in [0.25, 0.3) is 11.3 Å². The van der Waals surface area contributed by atoms with Crippen LogP contribution in [-0.4, -0.2) is 67.1 Å². The molecule has 0 unspecified atom stereocenters. The number of nitrogens with one attached hydrogen (secondary N) is 1. The van der Waals surface area contributed by atoms with Gasteiger partial charge in [0.1, 0.15) is 17.8 Å². The molecular weight excluding hydrogens is 544 g/mol. The van der Waals surface area contributed by atoms with E-state index in [1.807, 2.05) is 55.6 Å². The highest BCUT2D eigenvalue weighted by molar-refractivity contribution is 5.94. The zero-order valence-electron chi connectivity index (χ0n) is 23.0. The van der Waals surface area contributed by atoms with Crippen LogP contribution in [0.3, 0.4) is 0 Å². The molecule has 3 aliphatic rings. The Morgan fingerprint density at radius 2 is 1.95 bits per heavy atom. The highest BCUT2D eigenvalue weighted by Crippen LogP contribution is 2.34. The number of aromatic nitrogens is 3. The molecule has 0 radical (unpaired) electrons. The van der Waals surface area contributed by atoms with Gasteiger partial charge >= 0.3 is 0 Å². The minimum absolute atomic E-state index is 0.0191. The van der Waals surface area contributed by atoms with E-state index in [4.69, 9.17) is 0 Å².